The van der Waals surface area contributed by atoms with E-state index in [-0.39, 0.29) is 29.7 Å². The summed E-state index contributed by atoms with van der Waals surface area (Å²) >= 11 is 0. The predicted molar refractivity (Wildman–Crippen MR) is 120 cm³/mol. The molecule has 2 heterocycles. The lowest BCUT2D eigenvalue weighted by molar-refractivity contribution is 0.101. The van der Waals surface area contributed by atoms with Crippen LogP contribution in [0.3, 0.4) is 0 Å². The van der Waals surface area contributed by atoms with Gasteiger partial charge in [-0.2, -0.15) is 13.5 Å². The Morgan fingerprint density at radius 2 is 2.18 bits per heavy atom. The minimum atomic E-state index is -4.08. The lowest BCUT2D eigenvalue weighted by Gasteiger charge is -2.15. The molecule has 0 saturated heterocycles. The van der Waals surface area contributed by atoms with Crippen LogP contribution in [-0.2, 0) is 21.0 Å². The van der Waals surface area contributed by atoms with E-state index in [4.69, 9.17) is 5.14 Å². The predicted octanol–water partition coefficient (Wildman–Crippen LogP) is 0.725. The summed E-state index contributed by atoms with van der Waals surface area (Å²) in [6.45, 7) is 4.36. The first-order valence-electron chi connectivity index (χ1n) is 10.6. The van der Waals surface area contributed by atoms with E-state index in [0.29, 0.717) is 31.1 Å². The van der Waals surface area contributed by atoms with Gasteiger partial charge in [0.25, 0.3) is 0 Å². The van der Waals surface area contributed by atoms with Crippen molar-refractivity contribution in [1.29, 1.82) is 0 Å². The molecule has 1 aliphatic rings. The summed E-state index contributed by atoms with van der Waals surface area (Å²) in [5.41, 5.74) is 0.483. The standard InChI is InChI=1S/C21H28N6O5S/c1-14(2)5-3-4-7-27-8-6-18(26-27)20(29)17-11-23-13-24-21(17)25-16-9-15(19(28)10-16)12-32-33(22,30)31/h6,8,11,13-16,19,28H,5,7,9-10,12H2,1-2H3,(H2,22,30,31)(H,23,24,25)/t15-,16-,19+/m1/s1. The number of carbonyl (C=O) groups excluding carboxylic acids is 1. The lowest BCUT2D eigenvalue weighted by Crippen LogP contribution is -2.24. The zero-order valence-electron chi connectivity index (χ0n) is 18.5. The van der Waals surface area contributed by atoms with E-state index >= 15 is 0 Å². The van der Waals surface area contributed by atoms with Crippen LogP contribution in [0.2, 0.25) is 0 Å². The molecule has 1 saturated carbocycles. The Hall–Kier alpha value is -2.85. The third-order valence-corrected chi connectivity index (χ3v) is 5.62. The summed E-state index contributed by atoms with van der Waals surface area (Å²) < 4.78 is 28.2. The van der Waals surface area contributed by atoms with Gasteiger partial charge in [0.1, 0.15) is 24.4 Å². The number of hydrogen-bond acceptors (Lipinski definition) is 9. The van der Waals surface area contributed by atoms with Crippen LogP contribution in [-0.4, -0.2) is 57.8 Å². The molecule has 0 spiro atoms. The monoisotopic (exact) mass is 476 g/mol. The largest absolute Gasteiger partial charge is 0.393 e. The molecule has 0 radical (unpaired) electrons. The highest BCUT2D eigenvalue weighted by molar-refractivity contribution is 7.84. The van der Waals surface area contributed by atoms with Crippen molar-refractivity contribution in [1.82, 2.24) is 19.7 Å². The van der Waals surface area contributed by atoms with Gasteiger partial charge in [0.2, 0.25) is 5.78 Å². The second-order valence-electron chi connectivity index (χ2n) is 8.38. The van der Waals surface area contributed by atoms with Crippen LogP contribution in [0.15, 0.2) is 24.8 Å². The molecule has 4 N–H and O–H groups in total. The number of anilines is 1. The fourth-order valence-corrected chi connectivity index (χ4v) is 3.87. The van der Waals surface area contributed by atoms with Crippen LogP contribution < -0.4 is 10.5 Å². The third-order valence-electron chi connectivity index (χ3n) is 5.15. The van der Waals surface area contributed by atoms with Gasteiger partial charge >= 0.3 is 10.3 Å². The van der Waals surface area contributed by atoms with Gasteiger partial charge in [-0.05, 0) is 24.8 Å². The van der Waals surface area contributed by atoms with Crippen molar-refractivity contribution in [2.45, 2.75) is 51.8 Å². The molecule has 0 bridgehead atoms. The van der Waals surface area contributed by atoms with Crippen molar-refractivity contribution >= 4 is 21.9 Å². The molecule has 33 heavy (non-hydrogen) atoms. The van der Waals surface area contributed by atoms with E-state index in [0.717, 1.165) is 6.42 Å². The second kappa shape index (κ2) is 10.8. The number of aliphatic hydroxyl groups excluding tert-OH is 1. The van der Waals surface area contributed by atoms with Gasteiger partial charge in [0.05, 0.1) is 18.3 Å². The Labute approximate surface area is 193 Å². The summed E-state index contributed by atoms with van der Waals surface area (Å²) in [7, 11) is -4.08. The van der Waals surface area contributed by atoms with E-state index in [2.05, 4.69) is 50.3 Å². The molecule has 2 aromatic rings. The summed E-state index contributed by atoms with van der Waals surface area (Å²) in [6, 6.07) is 1.37. The van der Waals surface area contributed by atoms with Crippen molar-refractivity contribution in [3.05, 3.63) is 36.0 Å². The van der Waals surface area contributed by atoms with Gasteiger partial charge in [-0.1, -0.05) is 19.8 Å². The lowest BCUT2D eigenvalue weighted by atomic mass is 10.1. The number of nitrogens with one attached hydrogen (secondary N) is 1. The maximum atomic E-state index is 13.0. The van der Waals surface area contributed by atoms with E-state index in [1.165, 1.54) is 12.5 Å². The van der Waals surface area contributed by atoms with Crippen molar-refractivity contribution in [2.75, 3.05) is 11.9 Å². The van der Waals surface area contributed by atoms with Crippen LogP contribution in [0.1, 0.15) is 49.2 Å². The summed E-state index contributed by atoms with van der Waals surface area (Å²) in [5.74, 6) is 6.15. The number of aliphatic hydroxyl groups is 1. The Balaban J connectivity index is 1.66. The zero-order chi connectivity index (χ0) is 24.0. The first kappa shape index (κ1) is 24.8. The van der Waals surface area contributed by atoms with Crippen LogP contribution in [0.25, 0.3) is 0 Å². The molecule has 0 unspecified atom stereocenters. The SMILES string of the molecule is CC(C)CC#CCn1ccc(C(=O)c2cncnc2N[C@@H]2C[C@H](COS(N)(=O)=O)[C@@H](O)C2)n1. The minimum absolute atomic E-state index is 0.217. The Kier molecular flexibility index (Phi) is 8.15. The molecule has 0 aromatic carbocycles. The molecular weight excluding hydrogens is 448 g/mol. The fraction of sp³-hybridized carbons (Fsp3) is 0.524. The maximum absolute atomic E-state index is 13.0. The molecule has 3 rings (SSSR count). The van der Waals surface area contributed by atoms with Gasteiger partial charge in [-0.15, -0.1) is 5.92 Å². The van der Waals surface area contributed by atoms with Gasteiger partial charge in [0.15, 0.2) is 0 Å². The second-order valence-corrected chi connectivity index (χ2v) is 9.60. The molecule has 11 nitrogen and oxygen atoms in total. The summed E-state index contributed by atoms with van der Waals surface area (Å²) in [6.07, 6.45) is 5.18. The van der Waals surface area contributed by atoms with Crippen molar-refractivity contribution in [2.24, 2.45) is 17.0 Å². The highest BCUT2D eigenvalue weighted by Gasteiger charge is 2.34. The van der Waals surface area contributed by atoms with Crippen LogP contribution in [0.5, 0.6) is 0 Å². The van der Waals surface area contributed by atoms with Crippen LogP contribution in [0.4, 0.5) is 5.82 Å². The summed E-state index contributed by atoms with van der Waals surface area (Å²) in [5, 5.41) is 22.5. The van der Waals surface area contributed by atoms with E-state index in [9.17, 15) is 18.3 Å². The van der Waals surface area contributed by atoms with Crippen LogP contribution in [0, 0.1) is 23.7 Å². The molecule has 0 amide bonds. The smallest absolute Gasteiger partial charge is 0.333 e. The number of ketones is 1. The first-order chi connectivity index (χ1) is 15.6. The molecule has 1 fully saturated rings. The Morgan fingerprint density at radius 1 is 1.39 bits per heavy atom. The van der Waals surface area contributed by atoms with Gasteiger partial charge in [-0.3, -0.25) is 13.7 Å². The molecule has 12 heteroatoms. The molecule has 178 valence electrons. The number of aromatic nitrogens is 4. The van der Waals surface area contributed by atoms with Crippen molar-refractivity contribution < 1.29 is 22.5 Å². The maximum Gasteiger partial charge on any atom is 0.333 e. The topological polar surface area (TPSA) is 162 Å². The quantitative estimate of drug-likeness (QED) is 0.350. The molecule has 0 aliphatic heterocycles. The molecule has 1 aliphatic carbocycles. The fourth-order valence-electron chi connectivity index (χ4n) is 3.51. The zero-order valence-corrected chi connectivity index (χ0v) is 19.3. The first-order valence-corrected chi connectivity index (χ1v) is 12.0. The van der Waals surface area contributed by atoms with Gasteiger partial charge in [-0.25, -0.2) is 15.1 Å². The molecular formula is C21H28N6O5S. The van der Waals surface area contributed by atoms with Crippen molar-refractivity contribution in [3.8, 4) is 11.8 Å². The number of carbonyl (C=O) groups is 1. The number of hydrogen-bond donors (Lipinski definition) is 3. The highest BCUT2D eigenvalue weighted by Crippen LogP contribution is 2.29. The highest BCUT2D eigenvalue weighted by atomic mass is 32.2. The third kappa shape index (κ3) is 7.33. The number of nitrogens with zero attached hydrogens (tertiary/aromatic N) is 4. The average Bonchev–Trinajstić information content (AvgIpc) is 3.35. The number of nitrogens with two attached hydrogens (primary N) is 1. The Morgan fingerprint density at radius 3 is 2.91 bits per heavy atom. The Bertz CT molecular complexity index is 1140. The average molecular weight is 477 g/mol. The van der Waals surface area contributed by atoms with Crippen molar-refractivity contribution in [3.63, 3.8) is 0 Å². The van der Waals surface area contributed by atoms with E-state index in [1.807, 2.05) is 0 Å². The van der Waals surface area contributed by atoms with E-state index < -0.39 is 22.3 Å². The van der Waals surface area contributed by atoms with Gasteiger partial charge < -0.3 is 10.4 Å². The molecule has 2 aromatic heterocycles. The minimum Gasteiger partial charge on any atom is -0.393 e. The normalized spacial score (nSPS) is 20.5. The van der Waals surface area contributed by atoms with Crippen LogP contribution >= 0.6 is 0 Å². The number of rotatable bonds is 9. The van der Waals surface area contributed by atoms with Gasteiger partial charge in [0, 0.05) is 30.8 Å². The molecule has 3 atom stereocenters. The van der Waals surface area contributed by atoms with E-state index in [1.54, 1.807) is 16.9 Å². The summed E-state index contributed by atoms with van der Waals surface area (Å²) in [4.78, 5) is 21.2.